The normalized spacial score (nSPS) is 17.8. The molecule has 2 aliphatic rings. The van der Waals surface area contributed by atoms with E-state index < -0.39 is 35.7 Å². The second-order valence-corrected chi connectivity index (χ2v) is 12.6. The van der Waals surface area contributed by atoms with Crippen molar-refractivity contribution in [3.8, 4) is 23.0 Å². The minimum absolute atomic E-state index is 0.0172. The maximum absolute atomic E-state index is 13.6. The topological polar surface area (TPSA) is 190 Å². The molecule has 0 saturated heterocycles. The number of benzene rings is 3. The summed E-state index contributed by atoms with van der Waals surface area (Å²) in [7, 11) is 2.98. The fourth-order valence-corrected chi connectivity index (χ4v) is 5.78. The van der Waals surface area contributed by atoms with Gasteiger partial charge in [-0.15, -0.1) is 0 Å². The Hall–Kier alpha value is -6.38. The van der Waals surface area contributed by atoms with Crippen LogP contribution >= 0.6 is 0 Å². The molecule has 15 nitrogen and oxygen atoms in total. The SMILES string of the molecule is COc1cc2ccc1CNC(=O)[C@H](C)NC(=O)[C@H](CCc1ccccc1)NC(=O)CN(C(=O)c1ccon1)CCCCNC(=O)c1ccc(OC)c(c1)O2. The summed E-state index contributed by atoms with van der Waals surface area (Å²) in [5.41, 5.74) is 1.95. The van der Waals surface area contributed by atoms with E-state index in [1.54, 1.807) is 43.3 Å². The number of methoxy groups -OCH3 is 2. The minimum atomic E-state index is -1.02. The quantitative estimate of drug-likeness (QED) is 0.213. The van der Waals surface area contributed by atoms with Crippen LogP contribution in [-0.2, 0) is 27.3 Å². The van der Waals surface area contributed by atoms with Gasteiger partial charge in [0.15, 0.2) is 17.2 Å². The van der Waals surface area contributed by atoms with Gasteiger partial charge in [0, 0.05) is 42.9 Å². The average Bonchev–Trinajstić information content (AvgIpc) is 3.73. The van der Waals surface area contributed by atoms with Crippen molar-refractivity contribution in [1.29, 1.82) is 0 Å². The van der Waals surface area contributed by atoms with Crippen LogP contribution in [-0.4, -0.2) is 85.5 Å². The Morgan fingerprint density at radius 2 is 1.69 bits per heavy atom. The molecule has 54 heavy (non-hydrogen) atoms. The lowest BCUT2D eigenvalue weighted by atomic mass is 10.0. The number of hydrogen-bond acceptors (Lipinski definition) is 10. The van der Waals surface area contributed by atoms with Crippen molar-refractivity contribution in [3.05, 3.63) is 101 Å². The van der Waals surface area contributed by atoms with Crippen LogP contribution < -0.4 is 35.5 Å². The number of hydrogen-bond donors (Lipinski definition) is 4. The molecule has 3 aromatic carbocycles. The van der Waals surface area contributed by atoms with E-state index in [9.17, 15) is 24.0 Å². The summed E-state index contributed by atoms with van der Waals surface area (Å²) in [4.78, 5) is 68.1. The Morgan fingerprint density at radius 3 is 2.43 bits per heavy atom. The summed E-state index contributed by atoms with van der Waals surface area (Å²) in [5.74, 6) is -0.954. The predicted molar refractivity (Wildman–Crippen MR) is 196 cm³/mol. The Morgan fingerprint density at radius 1 is 0.889 bits per heavy atom. The second kappa shape index (κ2) is 18.9. The Kier molecular flexibility index (Phi) is 13.6. The number of carbonyl (C=O) groups is 5. The Bertz CT molecular complexity index is 1920. The van der Waals surface area contributed by atoms with Crippen molar-refractivity contribution < 1.29 is 42.7 Å². The fraction of sp³-hybridized carbons (Fsp3) is 0.333. The van der Waals surface area contributed by atoms with Crippen LogP contribution in [0.5, 0.6) is 23.0 Å². The number of amides is 5. The van der Waals surface area contributed by atoms with Crippen molar-refractivity contribution in [2.75, 3.05) is 33.9 Å². The van der Waals surface area contributed by atoms with E-state index in [4.69, 9.17) is 18.7 Å². The van der Waals surface area contributed by atoms with E-state index >= 15 is 0 Å². The molecule has 0 saturated carbocycles. The molecule has 2 aliphatic heterocycles. The van der Waals surface area contributed by atoms with Crippen molar-refractivity contribution in [1.82, 2.24) is 31.3 Å². The molecule has 6 rings (SSSR count). The standard InChI is InChI=1S/C39H44N6O9/c1-25-36(47)41-23-28-12-14-29(22-33(28)52-3)54-34-21-27(13-16-32(34)51-2)37(48)40-18-7-8-19-45(39(50)31-17-20-53-44-31)24-35(46)43-30(38(49)42-25)15-11-26-9-5-4-6-10-26/h4-6,9-10,12-14,16-17,20-22,25,30H,7-8,11,15,18-19,23-24H2,1-3H3,(H,40,48)(H,41,47)(H,42,49)(H,43,46)/t25-,30-/m0/s1. The van der Waals surface area contributed by atoms with Crippen LogP contribution in [0.25, 0.3) is 0 Å². The van der Waals surface area contributed by atoms with Gasteiger partial charge >= 0.3 is 0 Å². The van der Waals surface area contributed by atoms with Gasteiger partial charge in [0.1, 0.15) is 29.8 Å². The first-order chi connectivity index (χ1) is 26.1. The smallest absolute Gasteiger partial charge is 0.276 e. The van der Waals surface area contributed by atoms with Gasteiger partial charge in [-0.2, -0.15) is 0 Å². The third-order valence-electron chi connectivity index (χ3n) is 8.75. The molecule has 2 atom stereocenters. The molecular formula is C39H44N6O9. The zero-order valence-corrected chi connectivity index (χ0v) is 30.4. The monoisotopic (exact) mass is 740 g/mol. The lowest BCUT2D eigenvalue weighted by molar-refractivity contribution is -0.132. The van der Waals surface area contributed by atoms with Gasteiger partial charge in [0.2, 0.25) is 17.7 Å². The fourth-order valence-electron chi connectivity index (χ4n) is 5.78. The number of fused-ring (bicyclic) bond motifs is 18. The summed E-state index contributed by atoms with van der Waals surface area (Å²) < 4.78 is 22.0. The van der Waals surface area contributed by atoms with Crippen LogP contribution in [0.4, 0.5) is 0 Å². The van der Waals surface area contributed by atoms with E-state index in [2.05, 4.69) is 26.4 Å². The molecule has 0 spiro atoms. The molecule has 4 bridgehead atoms. The number of carbonyl (C=O) groups excluding carboxylic acids is 5. The molecule has 0 aliphatic carbocycles. The molecule has 5 amide bonds. The van der Waals surface area contributed by atoms with Crippen molar-refractivity contribution in [2.24, 2.45) is 0 Å². The number of nitrogens with one attached hydrogen (secondary N) is 4. The summed E-state index contributed by atoms with van der Waals surface area (Å²) in [6.45, 7) is 1.67. The van der Waals surface area contributed by atoms with E-state index in [1.165, 1.54) is 31.4 Å². The molecule has 0 radical (unpaired) electrons. The highest BCUT2D eigenvalue weighted by molar-refractivity contribution is 5.96. The molecule has 1 aromatic heterocycles. The van der Waals surface area contributed by atoms with E-state index in [0.29, 0.717) is 53.4 Å². The maximum Gasteiger partial charge on any atom is 0.276 e. The van der Waals surface area contributed by atoms with Crippen LogP contribution in [0, 0.1) is 0 Å². The molecule has 3 heterocycles. The van der Waals surface area contributed by atoms with Crippen LogP contribution in [0.2, 0.25) is 0 Å². The van der Waals surface area contributed by atoms with Gasteiger partial charge in [-0.3, -0.25) is 24.0 Å². The molecule has 0 unspecified atom stereocenters. The van der Waals surface area contributed by atoms with E-state index in [0.717, 1.165) is 5.56 Å². The summed E-state index contributed by atoms with van der Waals surface area (Å²) >= 11 is 0. The maximum atomic E-state index is 13.6. The number of ether oxygens (including phenoxy) is 3. The first kappa shape index (κ1) is 38.8. The Labute approximate surface area is 312 Å². The van der Waals surface area contributed by atoms with Gasteiger partial charge in [0.25, 0.3) is 11.8 Å². The Balaban J connectivity index is 1.39. The highest BCUT2D eigenvalue weighted by Crippen LogP contribution is 2.35. The predicted octanol–water partition coefficient (Wildman–Crippen LogP) is 3.39. The van der Waals surface area contributed by atoms with Gasteiger partial charge in [-0.1, -0.05) is 35.5 Å². The van der Waals surface area contributed by atoms with Crippen LogP contribution in [0.3, 0.4) is 0 Å². The first-order valence-electron chi connectivity index (χ1n) is 17.6. The van der Waals surface area contributed by atoms with E-state index in [-0.39, 0.29) is 44.2 Å². The summed E-state index contributed by atoms with van der Waals surface area (Å²) in [6.07, 6.45) is 2.85. The van der Waals surface area contributed by atoms with Crippen molar-refractivity contribution >= 4 is 29.5 Å². The van der Waals surface area contributed by atoms with Gasteiger partial charge in [-0.25, -0.2) is 0 Å². The average molecular weight is 741 g/mol. The van der Waals surface area contributed by atoms with Crippen LogP contribution in [0.1, 0.15) is 58.2 Å². The molecule has 284 valence electrons. The summed E-state index contributed by atoms with van der Waals surface area (Å²) in [6, 6.07) is 18.8. The summed E-state index contributed by atoms with van der Waals surface area (Å²) in [5, 5.41) is 14.9. The number of rotatable bonds is 6. The van der Waals surface area contributed by atoms with Gasteiger partial charge < -0.3 is 44.9 Å². The lowest BCUT2D eigenvalue weighted by Crippen LogP contribution is -2.54. The third-order valence-corrected chi connectivity index (χ3v) is 8.75. The van der Waals surface area contributed by atoms with Crippen molar-refractivity contribution in [2.45, 2.75) is 51.2 Å². The largest absolute Gasteiger partial charge is 0.496 e. The van der Waals surface area contributed by atoms with Crippen LogP contribution in [0.15, 0.2) is 83.6 Å². The minimum Gasteiger partial charge on any atom is -0.496 e. The van der Waals surface area contributed by atoms with Gasteiger partial charge in [-0.05, 0) is 68.5 Å². The molecular weight excluding hydrogens is 696 g/mol. The third kappa shape index (κ3) is 10.6. The zero-order valence-electron chi connectivity index (χ0n) is 30.4. The number of nitrogens with zero attached hydrogens (tertiary/aromatic N) is 2. The zero-order chi connectivity index (χ0) is 38.5. The number of aromatic nitrogens is 1. The highest BCUT2D eigenvalue weighted by atomic mass is 16.5. The van der Waals surface area contributed by atoms with Crippen molar-refractivity contribution in [3.63, 3.8) is 0 Å². The molecule has 15 heteroatoms. The number of aryl methyl sites for hydroxylation is 1. The lowest BCUT2D eigenvalue weighted by Gasteiger charge is -2.24. The van der Waals surface area contributed by atoms with Gasteiger partial charge in [0.05, 0.1) is 20.8 Å². The first-order valence-corrected chi connectivity index (χ1v) is 17.6. The van der Waals surface area contributed by atoms with E-state index in [1.807, 2.05) is 30.3 Å². The second-order valence-electron chi connectivity index (χ2n) is 12.6. The molecule has 4 N–H and O–H groups in total. The highest BCUT2D eigenvalue weighted by Gasteiger charge is 2.27. The molecule has 4 aromatic rings. The molecule has 0 fully saturated rings.